The minimum absolute atomic E-state index is 0.703. The Morgan fingerprint density at radius 2 is 1.86 bits per heavy atom. The number of nitrogens with zero attached hydrogens (tertiary/aromatic N) is 3. The van der Waals surface area contributed by atoms with Crippen LogP contribution in [0, 0.1) is 25.7 Å². The first-order valence-electron chi connectivity index (χ1n) is 11.6. The van der Waals surface area contributed by atoms with Crippen LogP contribution in [0.3, 0.4) is 0 Å². The maximum atomic E-state index is 5.73. The Morgan fingerprint density at radius 3 is 2.48 bits per heavy atom. The summed E-state index contributed by atoms with van der Waals surface area (Å²) in [6.45, 7) is 13.7. The van der Waals surface area contributed by atoms with Crippen molar-refractivity contribution >= 4 is 5.96 Å². The molecule has 1 fully saturated rings. The number of aryl methyl sites for hydroxylation is 2. The summed E-state index contributed by atoms with van der Waals surface area (Å²) in [5.74, 6) is 4.27. The first-order chi connectivity index (χ1) is 14.0. The molecule has 1 aromatic heterocycles. The minimum Gasteiger partial charge on any atom is -0.444 e. The Morgan fingerprint density at radius 1 is 1.14 bits per heavy atom. The zero-order chi connectivity index (χ0) is 21.1. The topological polar surface area (TPSA) is 65.7 Å². The molecule has 1 saturated heterocycles. The average Bonchev–Trinajstić information content (AvgIpc) is 3.01. The number of hydrogen-bond acceptors (Lipinski definition) is 4. The molecule has 1 aliphatic heterocycles. The van der Waals surface area contributed by atoms with E-state index in [2.05, 4.69) is 39.4 Å². The maximum Gasteiger partial charge on any atom is 0.208 e. The van der Waals surface area contributed by atoms with Gasteiger partial charge in [0.15, 0.2) is 5.96 Å². The molecule has 6 nitrogen and oxygen atoms in total. The second-order valence-corrected chi connectivity index (χ2v) is 8.95. The van der Waals surface area contributed by atoms with E-state index < -0.39 is 0 Å². The lowest BCUT2D eigenvalue weighted by molar-refractivity contribution is 0.164. The molecule has 0 aliphatic carbocycles. The smallest absolute Gasteiger partial charge is 0.208 e. The van der Waals surface area contributed by atoms with Crippen molar-refractivity contribution in [3.05, 3.63) is 17.3 Å². The summed E-state index contributed by atoms with van der Waals surface area (Å²) in [5, 5.41) is 6.99. The number of hydrogen-bond donors (Lipinski definition) is 2. The van der Waals surface area contributed by atoms with Gasteiger partial charge in [0.05, 0.1) is 12.2 Å². The van der Waals surface area contributed by atoms with Crippen LogP contribution in [0.4, 0.5) is 0 Å². The van der Waals surface area contributed by atoms with E-state index in [-0.39, 0.29) is 0 Å². The van der Waals surface area contributed by atoms with Crippen LogP contribution >= 0.6 is 0 Å². The number of guanidine groups is 1. The lowest BCUT2D eigenvalue weighted by Crippen LogP contribution is -2.43. The van der Waals surface area contributed by atoms with Crippen molar-refractivity contribution in [1.82, 2.24) is 20.5 Å². The van der Waals surface area contributed by atoms with E-state index >= 15 is 0 Å². The molecule has 0 saturated carbocycles. The van der Waals surface area contributed by atoms with Crippen molar-refractivity contribution in [2.75, 3.05) is 33.2 Å². The fourth-order valence-electron chi connectivity index (χ4n) is 3.85. The SMILES string of the molecule is CN=C(NCCCCCCC(C)C)NCC1CCN(Cc2nc(C)c(C)o2)CC1. The lowest BCUT2D eigenvalue weighted by atomic mass is 9.97. The molecule has 166 valence electrons. The second-order valence-electron chi connectivity index (χ2n) is 8.95. The van der Waals surface area contributed by atoms with E-state index in [4.69, 9.17) is 4.42 Å². The van der Waals surface area contributed by atoms with Gasteiger partial charge in [-0.2, -0.15) is 0 Å². The molecule has 2 N–H and O–H groups in total. The fourth-order valence-corrected chi connectivity index (χ4v) is 3.85. The van der Waals surface area contributed by atoms with Gasteiger partial charge in [-0.05, 0) is 58.0 Å². The van der Waals surface area contributed by atoms with E-state index in [1.807, 2.05) is 20.9 Å². The molecule has 0 amide bonds. The van der Waals surface area contributed by atoms with Crippen molar-refractivity contribution < 1.29 is 4.42 Å². The van der Waals surface area contributed by atoms with Crippen LogP contribution in [0.5, 0.6) is 0 Å². The summed E-state index contributed by atoms with van der Waals surface area (Å²) in [6.07, 6.45) is 9.00. The molecule has 0 radical (unpaired) electrons. The molecule has 2 heterocycles. The largest absolute Gasteiger partial charge is 0.444 e. The van der Waals surface area contributed by atoms with E-state index in [9.17, 15) is 0 Å². The third kappa shape index (κ3) is 9.20. The molecule has 29 heavy (non-hydrogen) atoms. The monoisotopic (exact) mass is 405 g/mol. The summed E-state index contributed by atoms with van der Waals surface area (Å²) >= 11 is 0. The molecular weight excluding hydrogens is 362 g/mol. The first kappa shape index (κ1) is 23.7. The van der Waals surface area contributed by atoms with Crippen LogP contribution in [0.15, 0.2) is 9.41 Å². The minimum atomic E-state index is 0.703. The van der Waals surface area contributed by atoms with Crippen LogP contribution < -0.4 is 10.6 Å². The zero-order valence-corrected chi connectivity index (χ0v) is 19.4. The van der Waals surface area contributed by atoms with Gasteiger partial charge in [-0.15, -0.1) is 0 Å². The number of aromatic nitrogens is 1. The summed E-state index contributed by atoms with van der Waals surface area (Å²) < 4.78 is 5.73. The number of oxazole rings is 1. The van der Waals surface area contributed by atoms with Gasteiger partial charge in [0, 0.05) is 20.1 Å². The number of unbranched alkanes of at least 4 members (excludes halogenated alkanes) is 3. The summed E-state index contributed by atoms with van der Waals surface area (Å²) in [5.41, 5.74) is 1.01. The predicted octanol–water partition coefficient (Wildman–Crippen LogP) is 4.27. The van der Waals surface area contributed by atoms with E-state index in [0.717, 1.165) is 61.9 Å². The highest BCUT2D eigenvalue weighted by Crippen LogP contribution is 2.19. The quantitative estimate of drug-likeness (QED) is 0.327. The van der Waals surface area contributed by atoms with Crippen LogP contribution in [0.1, 0.15) is 76.1 Å². The highest BCUT2D eigenvalue weighted by molar-refractivity contribution is 5.79. The highest BCUT2D eigenvalue weighted by Gasteiger charge is 2.21. The molecule has 0 bridgehead atoms. The van der Waals surface area contributed by atoms with E-state index in [1.165, 1.54) is 44.9 Å². The van der Waals surface area contributed by atoms with Gasteiger partial charge >= 0.3 is 0 Å². The first-order valence-corrected chi connectivity index (χ1v) is 11.6. The molecule has 2 rings (SSSR count). The van der Waals surface area contributed by atoms with Gasteiger partial charge in [-0.3, -0.25) is 9.89 Å². The lowest BCUT2D eigenvalue weighted by Gasteiger charge is -2.31. The maximum absolute atomic E-state index is 5.73. The van der Waals surface area contributed by atoms with Gasteiger partial charge in [0.1, 0.15) is 5.76 Å². The Labute approximate surface area is 177 Å². The molecule has 0 unspecified atom stereocenters. The Balaban J connectivity index is 1.55. The molecule has 0 atom stereocenters. The Hall–Kier alpha value is -1.56. The van der Waals surface area contributed by atoms with Crippen molar-refractivity contribution in [2.45, 2.75) is 79.2 Å². The standard InChI is InChI=1S/C23H43N5O/c1-18(2)10-8-6-7-9-13-25-23(24-5)26-16-21-11-14-28(15-12-21)17-22-27-19(3)20(4)29-22/h18,21H,6-17H2,1-5H3,(H2,24,25,26). The van der Waals surface area contributed by atoms with Crippen LogP contribution in [-0.2, 0) is 6.54 Å². The van der Waals surface area contributed by atoms with Crippen molar-refractivity contribution in [1.29, 1.82) is 0 Å². The fraction of sp³-hybridized carbons (Fsp3) is 0.826. The number of rotatable bonds is 11. The molecule has 0 spiro atoms. The molecule has 1 aliphatic rings. The number of aliphatic imine (C=N–C) groups is 1. The Kier molecular flexibility index (Phi) is 10.5. The van der Waals surface area contributed by atoms with E-state index in [1.54, 1.807) is 0 Å². The number of nitrogens with one attached hydrogen (secondary N) is 2. The third-order valence-electron chi connectivity index (χ3n) is 5.92. The van der Waals surface area contributed by atoms with Crippen LogP contribution in [-0.4, -0.2) is 49.1 Å². The van der Waals surface area contributed by atoms with Gasteiger partial charge in [-0.1, -0.05) is 39.5 Å². The second kappa shape index (κ2) is 12.9. The van der Waals surface area contributed by atoms with E-state index in [0.29, 0.717) is 5.92 Å². The number of likely N-dealkylation sites (tertiary alicyclic amines) is 1. The molecule has 0 aromatic carbocycles. The third-order valence-corrected chi connectivity index (χ3v) is 5.92. The molecule has 1 aromatic rings. The zero-order valence-electron chi connectivity index (χ0n) is 19.4. The molecule has 6 heteroatoms. The summed E-state index contributed by atoms with van der Waals surface area (Å²) in [4.78, 5) is 11.3. The van der Waals surface area contributed by atoms with Crippen LogP contribution in [0.2, 0.25) is 0 Å². The van der Waals surface area contributed by atoms with Gasteiger partial charge in [0.2, 0.25) is 5.89 Å². The normalized spacial score (nSPS) is 16.6. The highest BCUT2D eigenvalue weighted by atomic mass is 16.4. The van der Waals surface area contributed by atoms with Gasteiger partial charge < -0.3 is 15.1 Å². The van der Waals surface area contributed by atoms with Crippen molar-refractivity contribution in [3.63, 3.8) is 0 Å². The van der Waals surface area contributed by atoms with Gasteiger partial charge in [-0.25, -0.2) is 4.98 Å². The summed E-state index contributed by atoms with van der Waals surface area (Å²) in [7, 11) is 1.86. The number of piperidine rings is 1. The van der Waals surface area contributed by atoms with Crippen molar-refractivity contribution in [2.24, 2.45) is 16.8 Å². The predicted molar refractivity (Wildman–Crippen MR) is 121 cm³/mol. The Bertz CT molecular complexity index is 583. The van der Waals surface area contributed by atoms with Crippen molar-refractivity contribution in [3.8, 4) is 0 Å². The van der Waals surface area contributed by atoms with Gasteiger partial charge in [0.25, 0.3) is 0 Å². The average molecular weight is 406 g/mol. The molecular formula is C23H43N5O. The van der Waals surface area contributed by atoms with Crippen LogP contribution in [0.25, 0.3) is 0 Å². The summed E-state index contributed by atoms with van der Waals surface area (Å²) in [6, 6.07) is 0.